The molecular weight excluding hydrogens is 530 g/mol. The lowest BCUT2D eigenvalue weighted by atomic mass is 10.0. The molecule has 43 heavy (non-hydrogen) atoms. The Kier molecular flexibility index (Phi) is 34.0. The van der Waals surface area contributed by atoms with Gasteiger partial charge in [0, 0.05) is 6.42 Å². The van der Waals surface area contributed by atoms with Crippen molar-refractivity contribution < 1.29 is 15.0 Å². The average Bonchev–Trinajstić information content (AvgIpc) is 3.01. The van der Waals surface area contributed by atoms with Crippen LogP contribution in [0.25, 0.3) is 0 Å². The summed E-state index contributed by atoms with van der Waals surface area (Å²) in [6, 6.07) is -0.637. The summed E-state index contributed by atoms with van der Waals surface area (Å²) < 4.78 is 0. The highest BCUT2D eigenvalue weighted by molar-refractivity contribution is 5.76. The molecule has 0 radical (unpaired) electrons. The number of aliphatic hydroxyl groups is 2. The predicted molar refractivity (Wildman–Crippen MR) is 188 cm³/mol. The summed E-state index contributed by atoms with van der Waals surface area (Å²) in [6.07, 6.45) is 46.4. The van der Waals surface area contributed by atoms with Gasteiger partial charge in [0.05, 0.1) is 18.8 Å². The fourth-order valence-electron chi connectivity index (χ4n) is 5.42. The topological polar surface area (TPSA) is 69.6 Å². The second-order valence-corrected chi connectivity index (χ2v) is 12.6. The second kappa shape index (κ2) is 35.1. The third-order valence-corrected chi connectivity index (χ3v) is 8.35. The van der Waals surface area contributed by atoms with Crippen molar-refractivity contribution in [3.8, 4) is 0 Å². The van der Waals surface area contributed by atoms with Crippen molar-refractivity contribution in [2.75, 3.05) is 6.61 Å². The quantitative estimate of drug-likeness (QED) is 0.0516. The van der Waals surface area contributed by atoms with Crippen LogP contribution in [0.1, 0.15) is 187 Å². The molecule has 0 saturated heterocycles. The summed E-state index contributed by atoms with van der Waals surface area (Å²) in [7, 11) is 0. The Labute approximate surface area is 268 Å². The van der Waals surface area contributed by atoms with Gasteiger partial charge in [-0.05, 0) is 44.9 Å². The van der Waals surface area contributed by atoms with E-state index >= 15 is 0 Å². The lowest BCUT2D eigenvalue weighted by Crippen LogP contribution is -2.45. The molecule has 0 heterocycles. The molecule has 2 atom stereocenters. The molecule has 0 bridgehead atoms. The molecule has 0 aliphatic carbocycles. The summed E-state index contributed by atoms with van der Waals surface area (Å²) in [6.45, 7) is 4.06. The molecule has 0 spiro atoms. The predicted octanol–water partition coefficient (Wildman–Crippen LogP) is 11.1. The number of carbonyl (C=O) groups is 1. The van der Waals surface area contributed by atoms with Gasteiger partial charge < -0.3 is 15.5 Å². The van der Waals surface area contributed by atoms with E-state index in [9.17, 15) is 15.0 Å². The van der Waals surface area contributed by atoms with Gasteiger partial charge in [0.2, 0.25) is 5.91 Å². The van der Waals surface area contributed by atoms with Crippen molar-refractivity contribution in [2.24, 2.45) is 0 Å². The van der Waals surface area contributed by atoms with Crippen LogP contribution in [0.3, 0.4) is 0 Å². The highest BCUT2D eigenvalue weighted by Crippen LogP contribution is 2.15. The van der Waals surface area contributed by atoms with E-state index in [1.54, 1.807) is 6.08 Å². The highest BCUT2D eigenvalue weighted by Gasteiger charge is 2.17. The van der Waals surface area contributed by atoms with E-state index in [1.807, 2.05) is 13.0 Å². The van der Waals surface area contributed by atoms with Gasteiger partial charge in [-0.1, -0.05) is 172 Å². The largest absolute Gasteiger partial charge is 0.394 e. The molecule has 0 rings (SSSR count). The summed E-state index contributed by atoms with van der Waals surface area (Å²) in [4.78, 5) is 11.8. The Bertz CT molecular complexity index is 657. The van der Waals surface area contributed by atoms with E-state index in [-0.39, 0.29) is 12.5 Å². The van der Waals surface area contributed by atoms with Crippen LogP contribution in [-0.2, 0) is 4.79 Å². The summed E-state index contributed by atoms with van der Waals surface area (Å²) in [5, 5.41) is 22.4. The molecule has 3 N–H and O–H groups in total. The van der Waals surface area contributed by atoms with E-state index in [0.29, 0.717) is 6.42 Å². The van der Waals surface area contributed by atoms with Crippen LogP contribution in [0.5, 0.6) is 0 Å². The number of hydrogen-bond donors (Lipinski definition) is 3. The number of amides is 1. The van der Waals surface area contributed by atoms with E-state index in [1.165, 1.54) is 128 Å². The molecule has 0 aliphatic rings. The van der Waals surface area contributed by atoms with Gasteiger partial charge in [-0.25, -0.2) is 0 Å². The monoisotopic (exact) mass is 604 g/mol. The van der Waals surface area contributed by atoms with Gasteiger partial charge in [-0.15, -0.1) is 0 Å². The van der Waals surface area contributed by atoms with Gasteiger partial charge in [0.25, 0.3) is 0 Å². The van der Waals surface area contributed by atoms with Crippen molar-refractivity contribution >= 4 is 5.91 Å². The van der Waals surface area contributed by atoms with Crippen LogP contribution in [0.4, 0.5) is 0 Å². The minimum Gasteiger partial charge on any atom is -0.394 e. The summed E-state index contributed by atoms with van der Waals surface area (Å²) in [5.74, 6) is -0.115. The maximum absolute atomic E-state index is 11.8. The maximum Gasteiger partial charge on any atom is 0.220 e. The number of rotatable bonds is 33. The van der Waals surface area contributed by atoms with Crippen molar-refractivity contribution in [3.63, 3.8) is 0 Å². The Morgan fingerprint density at radius 3 is 1.33 bits per heavy atom. The van der Waals surface area contributed by atoms with Gasteiger partial charge in [-0.2, -0.15) is 0 Å². The average molecular weight is 604 g/mol. The number of nitrogens with one attached hydrogen (secondary N) is 1. The first kappa shape index (κ1) is 41.6. The molecule has 252 valence electrons. The van der Waals surface area contributed by atoms with E-state index in [2.05, 4.69) is 36.5 Å². The fraction of sp³-hybridized carbons (Fsp3) is 0.821. The van der Waals surface area contributed by atoms with Crippen molar-refractivity contribution in [2.45, 2.75) is 199 Å². The first-order valence-corrected chi connectivity index (χ1v) is 18.7. The molecule has 4 nitrogen and oxygen atoms in total. The van der Waals surface area contributed by atoms with Crippen LogP contribution >= 0.6 is 0 Å². The lowest BCUT2D eigenvalue weighted by molar-refractivity contribution is -0.123. The zero-order valence-corrected chi connectivity index (χ0v) is 28.7. The number of allylic oxidation sites excluding steroid dienone is 5. The SMILES string of the molecule is CCCCCCCCCCCCCCCCCCCCC/C=C/CC/C=C/CC/C=C/C(O)C(CO)NC(=O)CCCC. The molecule has 4 heteroatoms. The molecule has 0 aromatic rings. The third kappa shape index (κ3) is 31.8. The Hall–Kier alpha value is -1.39. The van der Waals surface area contributed by atoms with Gasteiger partial charge >= 0.3 is 0 Å². The smallest absolute Gasteiger partial charge is 0.220 e. The molecule has 0 saturated carbocycles. The van der Waals surface area contributed by atoms with Crippen LogP contribution in [0, 0.1) is 0 Å². The summed E-state index contributed by atoms with van der Waals surface area (Å²) in [5.41, 5.74) is 0. The number of carbonyl (C=O) groups excluding carboxylic acids is 1. The molecule has 0 aliphatic heterocycles. The lowest BCUT2D eigenvalue weighted by Gasteiger charge is -2.19. The molecular formula is C39H73NO3. The normalized spacial score (nSPS) is 13.5. The van der Waals surface area contributed by atoms with Gasteiger partial charge in [-0.3, -0.25) is 4.79 Å². The molecule has 1 amide bonds. The minimum absolute atomic E-state index is 0.115. The fourth-order valence-corrected chi connectivity index (χ4v) is 5.42. The third-order valence-electron chi connectivity index (χ3n) is 8.35. The number of unbranched alkanes of at least 4 members (excludes halogenated alkanes) is 22. The van der Waals surface area contributed by atoms with Crippen molar-refractivity contribution in [1.29, 1.82) is 0 Å². The first-order valence-electron chi connectivity index (χ1n) is 18.7. The molecule has 0 aromatic carbocycles. The molecule has 0 aromatic heterocycles. The number of hydrogen-bond acceptors (Lipinski definition) is 3. The zero-order valence-electron chi connectivity index (χ0n) is 28.7. The van der Waals surface area contributed by atoms with Crippen molar-refractivity contribution in [1.82, 2.24) is 5.32 Å². The van der Waals surface area contributed by atoms with Gasteiger partial charge in [0.15, 0.2) is 0 Å². The highest BCUT2D eigenvalue weighted by atomic mass is 16.3. The Morgan fingerprint density at radius 1 is 0.535 bits per heavy atom. The molecule has 0 fully saturated rings. The van der Waals surface area contributed by atoms with Crippen molar-refractivity contribution in [3.05, 3.63) is 36.5 Å². The summed E-state index contributed by atoms with van der Waals surface area (Å²) >= 11 is 0. The molecule has 2 unspecified atom stereocenters. The van der Waals surface area contributed by atoms with E-state index in [0.717, 1.165) is 38.5 Å². The number of aliphatic hydroxyl groups excluding tert-OH is 2. The van der Waals surface area contributed by atoms with E-state index in [4.69, 9.17) is 0 Å². The van der Waals surface area contributed by atoms with Crippen LogP contribution < -0.4 is 5.32 Å². The van der Waals surface area contributed by atoms with Crippen LogP contribution in [0.2, 0.25) is 0 Å². The first-order chi connectivity index (χ1) is 21.2. The van der Waals surface area contributed by atoms with Crippen LogP contribution in [-0.4, -0.2) is 34.9 Å². The Balaban J connectivity index is 3.44. The van der Waals surface area contributed by atoms with E-state index < -0.39 is 12.1 Å². The standard InChI is InChI=1S/C39H73NO3/c1-3-5-7-8-9-10-11-12-13-14-15-16-17-18-19-20-21-22-23-24-25-26-27-28-29-30-31-32-33-34-38(42)37(36-41)40-39(43)35-6-4-2/h25-26,29-30,33-34,37-38,41-42H,3-24,27-28,31-32,35-36H2,1-2H3,(H,40,43)/b26-25+,30-29+,34-33+. The minimum atomic E-state index is -0.862. The maximum atomic E-state index is 11.8. The second-order valence-electron chi connectivity index (χ2n) is 12.6. The van der Waals surface area contributed by atoms with Crippen LogP contribution in [0.15, 0.2) is 36.5 Å². The zero-order chi connectivity index (χ0) is 31.5. The Morgan fingerprint density at radius 2 is 0.907 bits per heavy atom. The van der Waals surface area contributed by atoms with Gasteiger partial charge in [0.1, 0.15) is 0 Å².